The van der Waals surface area contributed by atoms with Crippen LogP contribution in [-0.4, -0.2) is 66.1 Å². The molecule has 1 heterocycles. The quantitative estimate of drug-likeness (QED) is 0.474. The number of piperidine rings is 1. The maximum Gasteiger partial charge on any atom is 0.340 e. The van der Waals surface area contributed by atoms with E-state index in [9.17, 15) is 18.0 Å². The summed E-state index contributed by atoms with van der Waals surface area (Å²) in [5.41, 5.74) is 0.903. The summed E-state index contributed by atoms with van der Waals surface area (Å²) in [6.07, 6.45) is 2.93. The lowest BCUT2D eigenvalue weighted by Gasteiger charge is -2.26. The molecule has 0 radical (unpaired) electrons. The predicted octanol–water partition coefficient (Wildman–Crippen LogP) is 3.24. The van der Waals surface area contributed by atoms with Crippen molar-refractivity contribution < 1.29 is 37.0 Å². The van der Waals surface area contributed by atoms with Gasteiger partial charge >= 0.3 is 5.97 Å². The van der Waals surface area contributed by atoms with Crippen molar-refractivity contribution >= 4 is 27.6 Å². The van der Waals surface area contributed by atoms with Gasteiger partial charge in [0.25, 0.3) is 0 Å². The van der Waals surface area contributed by atoms with Gasteiger partial charge in [-0.3, -0.25) is 4.79 Å². The minimum Gasteiger partial charge on any atom is -0.496 e. The second-order valence-electron chi connectivity index (χ2n) is 8.23. The van der Waals surface area contributed by atoms with Gasteiger partial charge in [0, 0.05) is 31.6 Å². The van der Waals surface area contributed by atoms with Crippen LogP contribution < -0.4 is 19.5 Å². The molecule has 1 N–H and O–H groups in total. The second-order valence-corrected chi connectivity index (χ2v) is 10.2. The van der Waals surface area contributed by atoms with E-state index < -0.39 is 21.9 Å². The molecule has 0 saturated carbocycles. The molecule has 196 valence electrons. The van der Waals surface area contributed by atoms with Crippen LogP contribution in [0.4, 0.5) is 5.69 Å². The van der Waals surface area contributed by atoms with Crippen LogP contribution in [0.15, 0.2) is 35.2 Å². The Hall–Kier alpha value is -3.31. The van der Waals surface area contributed by atoms with Crippen molar-refractivity contribution in [3.8, 4) is 17.2 Å². The van der Waals surface area contributed by atoms with Gasteiger partial charge < -0.3 is 24.3 Å². The molecule has 1 fully saturated rings. The first-order valence-corrected chi connectivity index (χ1v) is 13.0. The fourth-order valence-corrected chi connectivity index (χ4v) is 5.66. The Morgan fingerprint density at radius 1 is 0.889 bits per heavy atom. The number of hydrogen-bond donors (Lipinski definition) is 1. The maximum absolute atomic E-state index is 13.1. The Kier molecular flexibility index (Phi) is 9.16. The van der Waals surface area contributed by atoms with Gasteiger partial charge in [0.1, 0.15) is 5.75 Å². The maximum atomic E-state index is 13.1. The zero-order chi connectivity index (χ0) is 26.3. The van der Waals surface area contributed by atoms with Crippen LogP contribution in [0, 0.1) is 0 Å². The van der Waals surface area contributed by atoms with Gasteiger partial charge in [-0.1, -0.05) is 6.42 Å². The molecule has 10 nitrogen and oxygen atoms in total. The number of nitrogens with zero attached hydrogens (tertiary/aromatic N) is 1. The van der Waals surface area contributed by atoms with Gasteiger partial charge in [-0.25, -0.2) is 13.2 Å². The Morgan fingerprint density at radius 3 is 2.14 bits per heavy atom. The summed E-state index contributed by atoms with van der Waals surface area (Å²) in [5.74, 6) is 0.0918. The normalized spacial score (nSPS) is 14.1. The van der Waals surface area contributed by atoms with Crippen molar-refractivity contribution in [2.75, 3.05) is 46.8 Å². The lowest BCUT2D eigenvalue weighted by molar-refractivity contribution is -0.116. The molecule has 0 aromatic heterocycles. The lowest BCUT2D eigenvalue weighted by Crippen LogP contribution is -2.35. The van der Waals surface area contributed by atoms with Crippen LogP contribution in [0.1, 0.15) is 41.6 Å². The van der Waals surface area contributed by atoms with Gasteiger partial charge in [0.15, 0.2) is 11.5 Å². The Morgan fingerprint density at radius 2 is 1.53 bits per heavy atom. The molecule has 1 aliphatic rings. The van der Waals surface area contributed by atoms with Crippen LogP contribution in [0.25, 0.3) is 0 Å². The van der Waals surface area contributed by atoms with Crippen molar-refractivity contribution in [1.29, 1.82) is 0 Å². The van der Waals surface area contributed by atoms with E-state index in [-0.39, 0.29) is 29.0 Å². The van der Waals surface area contributed by atoms with Crippen molar-refractivity contribution in [2.24, 2.45) is 0 Å². The summed E-state index contributed by atoms with van der Waals surface area (Å²) in [4.78, 5) is 25.3. The molecular formula is C25H32N2O8S. The van der Waals surface area contributed by atoms with Crippen molar-refractivity contribution in [2.45, 2.75) is 37.0 Å². The zero-order valence-electron chi connectivity index (χ0n) is 21.0. The first-order valence-electron chi connectivity index (χ1n) is 11.6. The summed E-state index contributed by atoms with van der Waals surface area (Å²) in [6, 6.07) is 7.60. The molecule has 2 aromatic carbocycles. The van der Waals surface area contributed by atoms with Gasteiger partial charge in [-0.05, 0) is 43.0 Å². The largest absolute Gasteiger partial charge is 0.496 e. The molecule has 11 heteroatoms. The van der Waals surface area contributed by atoms with Crippen molar-refractivity contribution in [1.82, 2.24) is 4.31 Å². The van der Waals surface area contributed by atoms with Crippen LogP contribution in [0.3, 0.4) is 0 Å². The number of sulfonamides is 1. The summed E-state index contributed by atoms with van der Waals surface area (Å²) in [7, 11) is 1.98. The fourth-order valence-electron chi connectivity index (χ4n) is 4.09. The molecule has 2 aromatic rings. The molecule has 1 saturated heterocycles. The molecular weight excluding hydrogens is 488 g/mol. The Labute approximate surface area is 211 Å². The molecule has 0 spiro atoms. The van der Waals surface area contributed by atoms with E-state index in [2.05, 4.69) is 5.32 Å². The number of rotatable bonds is 10. The number of anilines is 1. The van der Waals surface area contributed by atoms with Gasteiger partial charge in [0.05, 0.1) is 44.6 Å². The highest BCUT2D eigenvalue weighted by molar-refractivity contribution is 7.89. The van der Waals surface area contributed by atoms with E-state index >= 15 is 0 Å². The molecule has 0 unspecified atom stereocenters. The number of carbonyl (C=O) groups is 2. The van der Waals surface area contributed by atoms with Gasteiger partial charge in [-0.2, -0.15) is 4.31 Å². The third-order valence-electron chi connectivity index (χ3n) is 6.03. The van der Waals surface area contributed by atoms with E-state index in [1.54, 1.807) is 12.1 Å². The average Bonchev–Trinajstić information content (AvgIpc) is 2.91. The molecule has 0 bridgehead atoms. The standard InChI is InChI=1S/C25H32N2O8S/c1-32-21-10-9-18(36(30,31)27-12-6-5-7-13-27)14-17(21)8-11-24(28)26-20-16-23(34-3)22(33-2)15-19(20)25(29)35-4/h9-10,14-16H,5-8,11-13H2,1-4H3,(H,26,28). The van der Waals surface area contributed by atoms with Crippen molar-refractivity contribution in [3.05, 3.63) is 41.5 Å². The summed E-state index contributed by atoms with van der Waals surface area (Å²) in [5, 5.41) is 2.71. The van der Waals surface area contributed by atoms with E-state index in [1.807, 2.05) is 0 Å². The third kappa shape index (κ3) is 6.08. The summed E-state index contributed by atoms with van der Waals surface area (Å²) in [6.45, 7) is 1.000. The predicted molar refractivity (Wildman–Crippen MR) is 133 cm³/mol. The van der Waals surface area contributed by atoms with E-state index in [1.165, 1.54) is 50.9 Å². The van der Waals surface area contributed by atoms with Crippen LogP contribution >= 0.6 is 0 Å². The SMILES string of the molecule is COC(=O)c1cc(OC)c(OC)cc1NC(=O)CCc1cc(S(=O)(=O)N2CCCCC2)ccc1OC. The summed E-state index contributed by atoms with van der Waals surface area (Å²) < 4.78 is 48.4. The van der Waals surface area contributed by atoms with Crippen LogP contribution in [-0.2, 0) is 26.0 Å². The smallest absolute Gasteiger partial charge is 0.340 e. The number of carbonyl (C=O) groups excluding carboxylic acids is 2. The molecule has 1 aliphatic heterocycles. The molecule has 0 aliphatic carbocycles. The number of aryl methyl sites for hydroxylation is 1. The molecule has 1 amide bonds. The van der Waals surface area contributed by atoms with Gasteiger partial charge in [-0.15, -0.1) is 0 Å². The second kappa shape index (κ2) is 12.1. The highest BCUT2D eigenvalue weighted by atomic mass is 32.2. The molecule has 3 rings (SSSR count). The number of benzene rings is 2. The number of amides is 1. The molecule has 36 heavy (non-hydrogen) atoms. The van der Waals surface area contributed by atoms with Crippen LogP contribution in [0.2, 0.25) is 0 Å². The number of methoxy groups -OCH3 is 4. The zero-order valence-corrected chi connectivity index (χ0v) is 21.8. The first kappa shape index (κ1) is 27.3. The highest BCUT2D eigenvalue weighted by Gasteiger charge is 2.27. The number of ether oxygens (including phenoxy) is 4. The number of nitrogens with one attached hydrogen (secondary N) is 1. The van der Waals surface area contributed by atoms with Crippen molar-refractivity contribution in [3.63, 3.8) is 0 Å². The minimum absolute atomic E-state index is 0.0124. The van der Waals surface area contributed by atoms with Gasteiger partial charge in [0.2, 0.25) is 15.9 Å². The lowest BCUT2D eigenvalue weighted by atomic mass is 10.1. The Balaban J connectivity index is 1.80. The highest BCUT2D eigenvalue weighted by Crippen LogP contribution is 2.34. The van der Waals surface area contributed by atoms with Crippen LogP contribution in [0.5, 0.6) is 17.2 Å². The fraction of sp³-hybridized carbons (Fsp3) is 0.440. The number of esters is 1. The van der Waals surface area contributed by atoms with E-state index in [0.29, 0.717) is 35.9 Å². The first-order chi connectivity index (χ1) is 17.2. The molecule has 0 atom stereocenters. The van der Waals surface area contributed by atoms with E-state index in [4.69, 9.17) is 18.9 Å². The average molecular weight is 521 g/mol. The van der Waals surface area contributed by atoms with E-state index in [0.717, 1.165) is 19.3 Å². The summed E-state index contributed by atoms with van der Waals surface area (Å²) >= 11 is 0. The third-order valence-corrected chi connectivity index (χ3v) is 7.92. The topological polar surface area (TPSA) is 120 Å². The minimum atomic E-state index is -3.63. The Bertz CT molecular complexity index is 1210. The number of hydrogen-bond acceptors (Lipinski definition) is 8. The monoisotopic (exact) mass is 520 g/mol.